The van der Waals surface area contributed by atoms with Crippen LogP contribution >= 0.6 is 11.3 Å². The lowest BCUT2D eigenvalue weighted by Gasteiger charge is -2.02. The lowest BCUT2D eigenvalue weighted by atomic mass is 10.5. The van der Waals surface area contributed by atoms with E-state index in [1.165, 1.54) is 0 Å². The van der Waals surface area contributed by atoms with Gasteiger partial charge in [-0.15, -0.1) is 11.3 Å². The van der Waals surface area contributed by atoms with Gasteiger partial charge >= 0.3 is 0 Å². The molecular formula is C9H15N3OS. The molecule has 2 N–H and O–H groups in total. The van der Waals surface area contributed by atoms with Gasteiger partial charge in [0.25, 0.3) is 0 Å². The number of hydrogen-bond acceptors (Lipinski definition) is 4. The van der Waals surface area contributed by atoms with Crippen molar-refractivity contribution >= 4 is 17.2 Å². The number of thiazole rings is 1. The van der Waals surface area contributed by atoms with Crippen LogP contribution in [-0.2, 0) is 11.3 Å². The fraction of sp³-hybridized carbons (Fsp3) is 0.556. The average molecular weight is 213 g/mol. The van der Waals surface area contributed by atoms with Crippen molar-refractivity contribution in [3.63, 3.8) is 0 Å². The molecule has 1 aromatic heterocycles. The van der Waals surface area contributed by atoms with Gasteiger partial charge in [-0.25, -0.2) is 4.98 Å². The minimum atomic E-state index is 0.0258. The summed E-state index contributed by atoms with van der Waals surface area (Å²) in [6, 6.07) is 0. The number of aromatic nitrogens is 1. The Labute approximate surface area is 87.7 Å². The number of nitrogens with one attached hydrogen (secondary N) is 2. The molecule has 0 aliphatic carbocycles. The third-order valence-corrected chi connectivity index (χ3v) is 2.58. The Balaban J connectivity index is 2.23. The summed E-state index contributed by atoms with van der Waals surface area (Å²) in [6.07, 6.45) is 1.80. The van der Waals surface area contributed by atoms with Crippen LogP contribution in [0, 0.1) is 6.92 Å². The lowest BCUT2D eigenvalue weighted by molar-refractivity contribution is -0.120. The molecule has 0 aliphatic heterocycles. The zero-order valence-corrected chi connectivity index (χ0v) is 9.28. The molecule has 5 heteroatoms. The highest BCUT2D eigenvalue weighted by atomic mass is 32.1. The number of aryl methyl sites for hydroxylation is 1. The zero-order chi connectivity index (χ0) is 10.4. The summed E-state index contributed by atoms with van der Waals surface area (Å²) < 4.78 is 0. The van der Waals surface area contributed by atoms with E-state index in [1.54, 1.807) is 17.5 Å². The highest BCUT2D eigenvalue weighted by Gasteiger charge is 2.01. The van der Waals surface area contributed by atoms with E-state index in [-0.39, 0.29) is 5.91 Å². The normalized spacial score (nSPS) is 10.1. The predicted octanol–water partition coefficient (Wildman–Crippen LogP) is 0.677. The molecule has 0 atom stereocenters. The summed E-state index contributed by atoms with van der Waals surface area (Å²) in [5.74, 6) is 0.0258. The number of likely N-dealkylation sites (N-methyl/N-ethyl adjacent to an activating group) is 1. The van der Waals surface area contributed by atoms with E-state index in [4.69, 9.17) is 0 Å². The molecule has 0 fully saturated rings. The van der Waals surface area contributed by atoms with Gasteiger partial charge < -0.3 is 10.6 Å². The number of amides is 1. The maximum absolute atomic E-state index is 11.2. The molecule has 0 radical (unpaired) electrons. The number of hydrogen-bond donors (Lipinski definition) is 2. The standard InChI is InChI=1S/C9H15N3OS/c1-3-10-6-9(13)12-5-8-4-11-7(2)14-8/h4,10H,3,5-6H2,1-2H3,(H,12,13). The topological polar surface area (TPSA) is 54.0 Å². The Kier molecular flexibility index (Phi) is 4.55. The maximum atomic E-state index is 11.2. The van der Waals surface area contributed by atoms with Gasteiger partial charge in [-0.2, -0.15) is 0 Å². The van der Waals surface area contributed by atoms with Crippen molar-refractivity contribution in [3.05, 3.63) is 16.1 Å². The van der Waals surface area contributed by atoms with Gasteiger partial charge in [0.15, 0.2) is 0 Å². The monoisotopic (exact) mass is 213 g/mol. The van der Waals surface area contributed by atoms with Crippen LogP contribution in [0.5, 0.6) is 0 Å². The summed E-state index contributed by atoms with van der Waals surface area (Å²) in [7, 11) is 0. The molecule has 0 spiro atoms. The van der Waals surface area contributed by atoms with Gasteiger partial charge in [0.1, 0.15) is 0 Å². The van der Waals surface area contributed by atoms with E-state index in [2.05, 4.69) is 15.6 Å². The molecule has 1 amide bonds. The first-order chi connectivity index (χ1) is 6.72. The molecular weight excluding hydrogens is 198 g/mol. The summed E-state index contributed by atoms with van der Waals surface area (Å²) in [5.41, 5.74) is 0. The fourth-order valence-electron chi connectivity index (χ4n) is 0.974. The Bertz CT molecular complexity index is 298. The van der Waals surface area contributed by atoms with Crippen molar-refractivity contribution in [2.45, 2.75) is 20.4 Å². The van der Waals surface area contributed by atoms with Crippen molar-refractivity contribution in [2.75, 3.05) is 13.1 Å². The van der Waals surface area contributed by atoms with Crippen LogP contribution in [0.25, 0.3) is 0 Å². The van der Waals surface area contributed by atoms with Gasteiger partial charge in [0, 0.05) is 11.1 Å². The highest BCUT2D eigenvalue weighted by Crippen LogP contribution is 2.10. The van der Waals surface area contributed by atoms with Crippen LogP contribution in [-0.4, -0.2) is 24.0 Å². The van der Waals surface area contributed by atoms with Gasteiger partial charge in [-0.1, -0.05) is 6.92 Å². The highest BCUT2D eigenvalue weighted by molar-refractivity contribution is 7.11. The molecule has 1 aromatic rings. The number of rotatable bonds is 5. The van der Waals surface area contributed by atoms with E-state index in [0.717, 1.165) is 16.4 Å². The first-order valence-electron chi connectivity index (χ1n) is 4.61. The second-order valence-electron chi connectivity index (χ2n) is 2.90. The first kappa shape index (κ1) is 11.1. The second-order valence-corrected chi connectivity index (χ2v) is 4.22. The van der Waals surface area contributed by atoms with Crippen molar-refractivity contribution in [3.8, 4) is 0 Å². The van der Waals surface area contributed by atoms with Crippen LogP contribution in [0.15, 0.2) is 6.20 Å². The van der Waals surface area contributed by atoms with Crippen molar-refractivity contribution in [2.24, 2.45) is 0 Å². The molecule has 1 rings (SSSR count). The second kappa shape index (κ2) is 5.72. The van der Waals surface area contributed by atoms with Crippen LogP contribution < -0.4 is 10.6 Å². The molecule has 0 saturated heterocycles. The van der Waals surface area contributed by atoms with Crippen molar-refractivity contribution in [1.82, 2.24) is 15.6 Å². The van der Waals surface area contributed by atoms with E-state index < -0.39 is 0 Å². The molecule has 0 aromatic carbocycles. The van der Waals surface area contributed by atoms with E-state index in [9.17, 15) is 4.79 Å². The zero-order valence-electron chi connectivity index (χ0n) is 8.46. The van der Waals surface area contributed by atoms with Gasteiger partial charge in [-0.3, -0.25) is 4.79 Å². The Morgan fingerprint density at radius 3 is 3.00 bits per heavy atom. The molecule has 4 nitrogen and oxygen atoms in total. The SMILES string of the molecule is CCNCC(=O)NCc1cnc(C)s1. The minimum Gasteiger partial charge on any atom is -0.350 e. The van der Waals surface area contributed by atoms with Gasteiger partial charge in [0.2, 0.25) is 5.91 Å². The molecule has 0 saturated carbocycles. The predicted molar refractivity (Wildman–Crippen MR) is 57.2 cm³/mol. The smallest absolute Gasteiger partial charge is 0.234 e. The average Bonchev–Trinajstić information content (AvgIpc) is 2.58. The first-order valence-corrected chi connectivity index (χ1v) is 5.42. The Hall–Kier alpha value is -0.940. The number of nitrogens with zero attached hydrogens (tertiary/aromatic N) is 1. The van der Waals surface area contributed by atoms with Crippen LogP contribution in [0.1, 0.15) is 16.8 Å². The summed E-state index contributed by atoms with van der Waals surface area (Å²) in [4.78, 5) is 16.4. The van der Waals surface area contributed by atoms with E-state index in [1.807, 2.05) is 13.8 Å². The molecule has 14 heavy (non-hydrogen) atoms. The Morgan fingerprint density at radius 2 is 2.43 bits per heavy atom. The molecule has 1 heterocycles. The Morgan fingerprint density at radius 1 is 1.64 bits per heavy atom. The third kappa shape index (κ3) is 3.85. The number of carbonyl (C=O) groups excluding carboxylic acids is 1. The van der Waals surface area contributed by atoms with E-state index >= 15 is 0 Å². The molecule has 0 bridgehead atoms. The van der Waals surface area contributed by atoms with Crippen molar-refractivity contribution in [1.29, 1.82) is 0 Å². The van der Waals surface area contributed by atoms with E-state index in [0.29, 0.717) is 13.1 Å². The maximum Gasteiger partial charge on any atom is 0.234 e. The largest absolute Gasteiger partial charge is 0.350 e. The lowest BCUT2D eigenvalue weighted by Crippen LogP contribution is -2.33. The quantitative estimate of drug-likeness (QED) is 0.756. The molecule has 78 valence electrons. The van der Waals surface area contributed by atoms with Crippen molar-refractivity contribution < 1.29 is 4.79 Å². The number of carbonyl (C=O) groups is 1. The summed E-state index contributed by atoms with van der Waals surface area (Å²) in [5, 5.41) is 6.81. The molecule has 0 aliphatic rings. The van der Waals surface area contributed by atoms with Crippen LogP contribution in [0.3, 0.4) is 0 Å². The van der Waals surface area contributed by atoms with Gasteiger partial charge in [-0.05, 0) is 13.5 Å². The van der Waals surface area contributed by atoms with Gasteiger partial charge in [0.05, 0.1) is 18.1 Å². The third-order valence-electron chi connectivity index (χ3n) is 1.66. The minimum absolute atomic E-state index is 0.0258. The fourth-order valence-corrected chi connectivity index (χ4v) is 1.71. The van der Waals surface area contributed by atoms with Crippen LogP contribution in [0.2, 0.25) is 0 Å². The summed E-state index contributed by atoms with van der Waals surface area (Å²) >= 11 is 1.61. The van der Waals surface area contributed by atoms with Crippen LogP contribution in [0.4, 0.5) is 0 Å². The summed E-state index contributed by atoms with van der Waals surface area (Å²) in [6.45, 7) is 5.70. The molecule has 0 unspecified atom stereocenters.